The van der Waals surface area contributed by atoms with Crippen molar-refractivity contribution in [2.24, 2.45) is 5.73 Å². The van der Waals surface area contributed by atoms with Gasteiger partial charge in [0.2, 0.25) is 13.1 Å². The van der Waals surface area contributed by atoms with E-state index in [1.165, 1.54) is 0 Å². The summed E-state index contributed by atoms with van der Waals surface area (Å²) in [4.78, 5) is 0. The zero-order valence-electron chi connectivity index (χ0n) is 22.3. The fourth-order valence-corrected chi connectivity index (χ4v) is 4.63. The van der Waals surface area contributed by atoms with Crippen LogP contribution in [-0.4, -0.2) is 58.6 Å². The zero-order chi connectivity index (χ0) is 27.1. The molecule has 3 aromatic rings. The van der Waals surface area contributed by atoms with Gasteiger partial charge in [-0.3, -0.25) is 0 Å². The van der Waals surface area contributed by atoms with Crippen LogP contribution in [-0.2, 0) is 6.42 Å². The van der Waals surface area contributed by atoms with Crippen LogP contribution in [0, 0.1) is 0 Å². The summed E-state index contributed by atoms with van der Waals surface area (Å²) in [5, 5.41) is 3.42. The largest absolute Gasteiger partial charge is 0.493 e. The Bertz CT molecular complexity index is 1300. The first-order chi connectivity index (χ1) is 19.7. The summed E-state index contributed by atoms with van der Waals surface area (Å²) in [7, 11) is 0. The molecule has 10 nitrogen and oxygen atoms in total. The zero-order valence-corrected chi connectivity index (χ0v) is 22.3. The van der Waals surface area contributed by atoms with Gasteiger partial charge in [0, 0.05) is 25.1 Å². The average molecular weight is 551 g/mol. The molecule has 2 atom stereocenters. The number of benzene rings is 3. The molecule has 40 heavy (non-hydrogen) atoms. The van der Waals surface area contributed by atoms with Crippen molar-refractivity contribution in [3.8, 4) is 46.0 Å². The molecule has 1 unspecified atom stereocenters. The third-order valence-corrected chi connectivity index (χ3v) is 6.66. The third-order valence-electron chi connectivity index (χ3n) is 6.66. The molecular formula is C30H34N2O8. The fourth-order valence-electron chi connectivity index (χ4n) is 4.63. The highest BCUT2D eigenvalue weighted by molar-refractivity contribution is 5.49. The van der Waals surface area contributed by atoms with Gasteiger partial charge in [-0.25, -0.2) is 0 Å². The molecule has 0 aromatic heterocycles. The number of nitrogens with one attached hydrogen (secondary N) is 1. The molecular weight excluding hydrogens is 516 g/mol. The molecule has 0 amide bonds. The van der Waals surface area contributed by atoms with Gasteiger partial charge in [-0.2, -0.15) is 0 Å². The minimum Gasteiger partial charge on any atom is -0.493 e. The van der Waals surface area contributed by atoms with Gasteiger partial charge < -0.3 is 48.9 Å². The van der Waals surface area contributed by atoms with E-state index in [2.05, 4.69) is 5.32 Å². The van der Waals surface area contributed by atoms with Crippen molar-refractivity contribution < 1.29 is 37.9 Å². The van der Waals surface area contributed by atoms with Gasteiger partial charge in [0.15, 0.2) is 34.5 Å². The maximum absolute atomic E-state index is 6.15. The average Bonchev–Trinajstić information content (AvgIpc) is 3.61. The molecule has 0 radical (unpaired) electrons. The van der Waals surface area contributed by atoms with Crippen molar-refractivity contribution in [2.45, 2.75) is 31.7 Å². The first-order valence-electron chi connectivity index (χ1n) is 13.7. The summed E-state index contributed by atoms with van der Waals surface area (Å²) in [6.45, 7) is 4.00. The van der Waals surface area contributed by atoms with Gasteiger partial charge in [-0.1, -0.05) is 6.07 Å². The molecule has 0 saturated heterocycles. The van der Waals surface area contributed by atoms with E-state index >= 15 is 0 Å². The summed E-state index contributed by atoms with van der Waals surface area (Å²) >= 11 is 0. The van der Waals surface area contributed by atoms with Gasteiger partial charge in [0.1, 0.15) is 24.2 Å². The molecule has 3 heterocycles. The quantitative estimate of drug-likeness (QED) is 0.306. The normalized spacial score (nSPS) is 18.0. The molecule has 0 bridgehead atoms. The van der Waals surface area contributed by atoms with E-state index in [4.69, 9.17) is 43.6 Å². The Morgan fingerprint density at radius 3 is 2.30 bits per heavy atom. The van der Waals surface area contributed by atoms with Gasteiger partial charge in [-0.15, -0.1) is 0 Å². The molecule has 0 saturated carbocycles. The monoisotopic (exact) mass is 550 g/mol. The van der Waals surface area contributed by atoms with Crippen LogP contribution in [0.4, 0.5) is 0 Å². The van der Waals surface area contributed by atoms with E-state index in [1.54, 1.807) is 0 Å². The molecule has 6 rings (SSSR count). The van der Waals surface area contributed by atoms with Gasteiger partial charge in [0.25, 0.3) is 0 Å². The molecule has 0 fully saturated rings. The molecule has 3 aromatic carbocycles. The van der Waals surface area contributed by atoms with Crippen molar-refractivity contribution in [2.75, 3.05) is 46.2 Å². The Balaban J connectivity index is 0.907. The Hall–Kier alpha value is -4.02. The Labute approximate surface area is 233 Å². The first-order valence-corrected chi connectivity index (χ1v) is 13.7. The first kappa shape index (κ1) is 26.2. The van der Waals surface area contributed by atoms with Crippen LogP contribution >= 0.6 is 0 Å². The number of rotatable bonds is 13. The number of hydrogen-bond acceptors (Lipinski definition) is 10. The van der Waals surface area contributed by atoms with Crippen LogP contribution in [0.2, 0.25) is 0 Å². The highest BCUT2D eigenvalue weighted by atomic mass is 16.7. The number of fused-ring (bicyclic) bond motifs is 3. The molecule has 3 aliphatic heterocycles. The van der Waals surface area contributed by atoms with Crippen LogP contribution in [0.25, 0.3) is 0 Å². The van der Waals surface area contributed by atoms with E-state index in [9.17, 15) is 0 Å². The van der Waals surface area contributed by atoms with Crippen molar-refractivity contribution >= 4 is 0 Å². The topological polar surface area (TPSA) is 112 Å². The summed E-state index contributed by atoms with van der Waals surface area (Å²) < 4.78 is 46.4. The van der Waals surface area contributed by atoms with Crippen LogP contribution < -0.4 is 48.9 Å². The van der Waals surface area contributed by atoms with Crippen molar-refractivity contribution in [3.63, 3.8) is 0 Å². The Kier molecular flexibility index (Phi) is 8.15. The van der Waals surface area contributed by atoms with E-state index < -0.39 is 6.29 Å². The second kappa shape index (κ2) is 12.4. The van der Waals surface area contributed by atoms with Gasteiger partial charge in [0.05, 0.1) is 13.2 Å². The summed E-state index contributed by atoms with van der Waals surface area (Å²) in [6, 6.07) is 17.2. The second-order valence-electron chi connectivity index (χ2n) is 9.72. The highest BCUT2D eigenvalue weighted by Crippen LogP contribution is 2.39. The fraction of sp³-hybridized carbons (Fsp3) is 0.400. The Morgan fingerprint density at radius 1 is 0.725 bits per heavy atom. The summed E-state index contributed by atoms with van der Waals surface area (Å²) in [5.41, 5.74) is 6.57. The molecule has 0 spiro atoms. The molecule has 3 N–H and O–H groups in total. The van der Waals surface area contributed by atoms with E-state index in [0.29, 0.717) is 50.8 Å². The smallest absolute Gasteiger partial charge is 0.245 e. The molecule has 10 heteroatoms. The lowest BCUT2D eigenvalue weighted by Gasteiger charge is -2.27. The third kappa shape index (κ3) is 6.40. The lowest BCUT2D eigenvalue weighted by atomic mass is 10.1. The van der Waals surface area contributed by atoms with Gasteiger partial charge >= 0.3 is 0 Å². The van der Waals surface area contributed by atoms with Crippen molar-refractivity contribution in [1.29, 1.82) is 0 Å². The minimum atomic E-state index is -0.414. The van der Waals surface area contributed by atoms with Crippen LogP contribution in [0.5, 0.6) is 46.0 Å². The second-order valence-corrected chi connectivity index (χ2v) is 9.72. The van der Waals surface area contributed by atoms with E-state index in [1.807, 2.05) is 54.6 Å². The van der Waals surface area contributed by atoms with E-state index in [0.717, 1.165) is 59.4 Å². The SMILES string of the molecule is NCCCOc1ccc2c(c1)OC(Cc1ccc3c(c1)OC[C@H](CNCCCOc1ccc4c(c1)OCO4)O3)O2. The van der Waals surface area contributed by atoms with Crippen molar-refractivity contribution in [3.05, 3.63) is 60.2 Å². The predicted molar refractivity (Wildman–Crippen MR) is 146 cm³/mol. The molecule has 212 valence electrons. The van der Waals surface area contributed by atoms with Crippen LogP contribution in [0.15, 0.2) is 54.6 Å². The summed E-state index contributed by atoms with van der Waals surface area (Å²) in [6.07, 6.45) is 1.76. The predicted octanol–water partition coefficient (Wildman–Crippen LogP) is 3.68. The minimum absolute atomic E-state index is 0.0645. The number of hydrogen-bond donors (Lipinski definition) is 2. The van der Waals surface area contributed by atoms with E-state index in [-0.39, 0.29) is 12.9 Å². The summed E-state index contributed by atoms with van der Waals surface area (Å²) in [5.74, 6) is 5.87. The lowest BCUT2D eigenvalue weighted by Crippen LogP contribution is -2.39. The van der Waals surface area contributed by atoms with Crippen LogP contribution in [0.1, 0.15) is 18.4 Å². The number of nitrogens with two attached hydrogens (primary N) is 1. The highest BCUT2D eigenvalue weighted by Gasteiger charge is 2.27. The number of ether oxygens (including phenoxy) is 8. The van der Waals surface area contributed by atoms with Crippen molar-refractivity contribution in [1.82, 2.24) is 5.32 Å². The Morgan fingerprint density at radius 2 is 1.43 bits per heavy atom. The molecule has 0 aliphatic carbocycles. The molecule has 3 aliphatic rings. The maximum Gasteiger partial charge on any atom is 0.245 e. The van der Waals surface area contributed by atoms with Gasteiger partial charge in [-0.05, 0) is 67.9 Å². The lowest BCUT2D eigenvalue weighted by molar-refractivity contribution is 0.0498. The standard InChI is InChI=1S/C30H34N2O8/c31-9-1-11-33-22-5-8-26-29(16-22)40-30(39-26)14-20-3-6-25-27(13-20)35-18-23(38-25)17-32-10-2-12-34-21-4-7-24-28(15-21)37-19-36-24/h3-8,13,15-16,23,30,32H,1-2,9-12,14,17-19,31H2/t23-,30?/m0/s1. The maximum atomic E-state index is 6.15. The van der Waals surface area contributed by atoms with Crippen LogP contribution in [0.3, 0.4) is 0 Å².